The van der Waals surface area contributed by atoms with Crippen LogP contribution >= 0.6 is 11.6 Å². The molecule has 0 aliphatic carbocycles. The third-order valence-electron chi connectivity index (χ3n) is 2.86. The van der Waals surface area contributed by atoms with Gasteiger partial charge in [0.2, 0.25) is 0 Å². The molecule has 1 aliphatic rings. The Kier molecular flexibility index (Phi) is 3.49. The number of carboxylic acid groups (broad SMARTS) is 1. The smallest absolute Gasteiger partial charge is 0.337 e. The maximum Gasteiger partial charge on any atom is 0.337 e. The maximum atomic E-state index is 10.9. The molecule has 0 spiro atoms. The summed E-state index contributed by atoms with van der Waals surface area (Å²) >= 11 is 5.75. The summed E-state index contributed by atoms with van der Waals surface area (Å²) in [6.07, 6.45) is 2.43. The number of carbonyl (C=O) groups is 1. The van der Waals surface area contributed by atoms with E-state index < -0.39 is 5.97 Å². The zero-order valence-corrected chi connectivity index (χ0v) is 9.89. The second-order valence-electron chi connectivity index (χ2n) is 4.05. The molecule has 6 heteroatoms. The first kappa shape index (κ1) is 12.1. The number of carboxylic acids is 1. The molecular weight excluding hydrogens is 244 g/mol. The molecule has 5 nitrogen and oxygen atoms in total. The number of aliphatic hydroxyl groups is 1. The minimum absolute atomic E-state index is 0.0581. The van der Waals surface area contributed by atoms with Crippen LogP contribution in [0.15, 0.2) is 12.3 Å². The highest BCUT2D eigenvalue weighted by atomic mass is 35.5. The SMILES string of the molecule is O=C(O)c1cc(N2CCC(O)CC2)ncc1Cl. The van der Waals surface area contributed by atoms with Crippen LogP contribution in [0.4, 0.5) is 5.82 Å². The number of halogens is 1. The molecule has 0 amide bonds. The topological polar surface area (TPSA) is 73.7 Å². The van der Waals surface area contributed by atoms with Gasteiger partial charge in [-0.1, -0.05) is 11.6 Å². The molecule has 2 heterocycles. The first-order valence-electron chi connectivity index (χ1n) is 5.40. The van der Waals surface area contributed by atoms with Gasteiger partial charge in [0.1, 0.15) is 5.82 Å². The first-order valence-corrected chi connectivity index (χ1v) is 5.77. The Balaban J connectivity index is 2.21. The summed E-state index contributed by atoms with van der Waals surface area (Å²) in [5.74, 6) is -0.464. The van der Waals surface area contributed by atoms with Crippen molar-refractivity contribution >= 4 is 23.4 Å². The summed E-state index contributed by atoms with van der Waals surface area (Å²) in [6.45, 7) is 1.35. The van der Waals surface area contributed by atoms with Crippen LogP contribution < -0.4 is 4.90 Å². The Morgan fingerprint density at radius 3 is 2.71 bits per heavy atom. The number of hydrogen-bond donors (Lipinski definition) is 2. The number of piperidine rings is 1. The molecule has 0 unspecified atom stereocenters. The fourth-order valence-electron chi connectivity index (χ4n) is 1.86. The van der Waals surface area contributed by atoms with Gasteiger partial charge in [0, 0.05) is 19.3 Å². The summed E-state index contributed by atoms with van der Waals surface area (Å²) in [7, 11) is 0. The molecule has 92 valence electrons. The van der Waals surface area contributed by atoms with Crippen LogP contribution in [0.5, 0.6) is 0 Å². The summed E-state index contributed by atoms with van der Waals surface area (Å²) in [5, 5.41) is 18.5. The number of rotatable bonds is 2. The predicted molar refractivity (Wildman–Crippen MR) is 63.7 cm³/mol. The summed E-state index contributed by atoms with van der Waals surface area (Å²) in [4.78, 5) is 17.0. The van der Waals surface area contributed by atoms with E-state index in [2.05, 4.69) is 4.98 Å². The molecule has 1 aromatic heterocycles. The van der Waals surface area contributed by atoms with Gasteiger partial charge in [-0.05, 0) is 18.9 Å². The van der Waals surface area contributed by atoms with Crippen LogP contribution in [0.25, 0.3) is 0 Å². The monoisotopic (exact) mass is 256 g/mol. The van der Waals surface area contributed by atoms with E-state index >= 15 is 0 Å². The Morgan fingerprint density at radius 1 is 1.47 bits per heavy atom. The highest BCUT2D eigenvalue weighted by molar-refractivity contribution is 6.33. The van der Waals surface area contributed by atoms with Gasteiger partial charge in [0.25, 0.3) is 0 Å². The third kappa shape index (κ3) is 2.68. The Labute approximate surface area is 104 Å². The van der Waals surface area contributed by atoms with Crippen molar-refractivity contribution in [2.45, 2.75) is 18.9 Å². The van der Waals surface area contributed by atoms with E-state index in [1.54, 1.807) is 0 Å². The van der Waals surface area contributed by atoms with Gasteiger partial charge in [-0.2, -0.15) is 0 Å². The van der Waals surface area contributed by atoms with E-state index in [9.17, 15) is 9.90 Å². The number of hydrogen-bond acceptors (Lipinski definition) is 4. The van der Waals surface area contributed by atoms with Crippen molar-refractivity contribution < 1.29 is 15.0 Å². The molecule has 0 aromatic carbocycles. The molecule has 1 aliphatic heterocycles. The van der Waals surface area contributed by atoms with Crippen LogP contribution in [0.1, 0.15) is 23.2 Å². The number of aliphatic hydroxyl groups excluding tert-OH is 1. The number of nitrogens with zero attached hydrogens (tertiary/aromatic N) is 2. The van der Waals surface area contributed by atoms with Gasteiger partial charge in [-0.25, -0.2) is 9.78 Å². The van der Waals surface area contributed by atoms with Crippen molar-refractivity contribution in [3.05, 3.63) is 22.8 Å². The van der Waals surface area contributed by atoms with Crippen LogP contribution in [0.2, 0.25) is 5.02 Å². The van der Waals surface area contributed by atoms with E-state index in [1.165, 1.54) is 12.3 Å². The molecule has 0 saturated carbocycles. The van der Waals surface area contributed by atoms with Crippen LogP contribution in [0, 0.1) is 0 Å². The largest absolute Gasteiger partial charge is 0.478 e. The second kappa shape index (κ2) is 4.89. The minimum Gasteiger partial charge on any atom is -0.478 e. The van der Waals surface area contributed by atoms with Gasteiger partial charge in [-0.15, -0.1) is 0 Å². The number of pyridine rings is 1. The van der Waals surface area contributed by atoms with Crippen LogP contribution in [0.3, 0.4) is 0 Å². The van der Waals surface area contributed by atoms with Crippen molar-refractivity contribution in [1.82, 2.24) is 4.98 Å². The Morgan fingerprint density at radius 2 is 2.12 bits per heavy atom. The van der Waals surface area contributed by atoms with Crippen molar-refractivity contribution in [1.29, 1.82) is 0 Å². The minimum atomic E-state index is -1.06. The normalized spacial score (nSPS) is 17.2. The highest BCUT2D eigenvalue weighted by Gasteiger charge is 2.20. The molecule has 0 bridgehead atoms. The van der Waals surface area contributed by atoms with Crippen molar-refractivity contribution in [2.75, 3.05) is 18.0 Å². The number of aromatic carboxylic acids is 1. The Bertz CT molecular complexity index is 431. The molecule has 17 heavy (non-hydrogen) atoms. The standard InChI is InChI=1S/C11H13ClN2O3/c12-9-6-13-10(5-8(9)11(16)17)14-3-1-7(15)2-4-14/h5-7,15H,1-4H2,(H,16,17). The van der Waals surface area contributed by atoms with Gasteiger partial charge < -0.3 is 15.1 Å². The fourth-order valence-corrected chi connectivity index (χ4v) is 2.04. The molecule has 1 saturated heterocycles. The van der Waals surface area contributed by atoms with E-state index in [4.69, 9.17) is 16.7 Å². The summed E-state index contributed by atoms with van der Waals surface area (Å²) in [6, 6.07) is 1.47. The molecule has 2 N–H and O–H groups in total. The van der Waals surface area contributed by atoms with Gasteiger partial charge >= 0.3 is 5.97 Å². The quantitative estimate of drug-likeness (QED) is 0.837. The zero-order chi connectivity index (χ0) is 12.4. The lowest BCUT2D eigenvalue weighted by Gasteiger charge is -2.30. The maximum absolute atomic E-state index is 10.9. The van der Waals surface area contributed by atoms with E-state index in [1.807, 2.05) is 4.90 Å². The van der Waals surface area contributed by atoms with Gasteiger partial charge in [0.15, 0.2) is 0 Å². The molecule has 0 radical (unpaired) electrons. The van der Waals surface area contributed by atoms with Crippen LogP contribution in [-0.2, 0) is 0 Å². The fraction of sp³-hybridized carbons (Fsp3) is 0.455. The lowest BCUT2D eigenvalue weighted by Crippen LogP contribution is -2.36. The highest BCUT2D eigenvalue weighted by Crippen LogP contribution is 2.23. The molecule has 1 fully saturated rings. The van der Waals surface area contributed by atoms with Crippen molar-refractivity contribution in [3.8, 4) is 0 Å². The lowest BCUT2D eigenvalue weighted by molar-refractivity contribution is 0.0697. The van der Waals surface area contributed by atoms with Crippen LogP contribution in [-0.4, -0.2) is 40.4 Å². The first-order chi connectivity index (χ1) is 8.08. The Hall–Kier alpha value is -1.33. The predicted octanol–water partition coefficient (Wildman–Crippen LogP) is 1.39. The average molecular weight is 257 g/mol. The third-order valence-corrected chi connectivity index (χ3v) is 3.16. The molecular formula is C11H13ClN2O3. The van der Waals surface area contributed by atoms with E-state index in [0.29, 0.717) is 31.7 Å². The number of anilines is 1. The summed E-state index contributed by atoms with van der Waals surface area (Å²) in [5.41, 5.74) is 0.0581. The van der Waals surface area contributed by atoms with Gasteiger partial charge in [0.05, 0.1) is 16.7 Å². The molecule has 2 rings (SSSR count). The van der Waals surface area contributed by atoms with E-state index in [0.717, 1.165) is 0 Å². The molecule has 0 atom stereocenters. The second-order valence-corrected chi connectivity index (χ2v) is 4.45. The summed E-state index contributed by atoms with van der Waals surface area (Å²) < 4.78 is 0. The van der Waals surface area contributed by atoms with E-state index in [-0.39, 0.29) is 16.7 Å². The molecule has 1 aromatic rings. The van der Waals surface area contributed by atoms with Crippen molar-refractivity contribution in [3.63, 3.8) is 0 Å². The van der Waals surface area contributed by atoms with Crippen molar-refractivity contribution in [2.24, 2.45) is 0 Å². The zero-order valence-electron chi connectivity index (χ0n) is 9.14. The number of aromatic nitrogens is 1. The average Bonchev–Trinajstić information content (AvgIpc) is 2.30. The lowest BCUT2D eigenvalue weighted by atomic mass is 10.1. The van der Waals surface area contributed by atoms with Gasteiger partial charge in [-0.3, -0.25) is 0 Å².